The van der Waals surface area contributed by atoms with Gasteiger partial charge in [0, 0.05) is 24.7 Å². The number of hydrogen-bond donors (Lipinski definition) is 1. The van der Waals surface area contributed by atoms with Crippen molar-refractivity contribution in [2.45, 2.75) is 45.6 Å². The van der Waals surface area contributed by atoms with E-state index in [-0.39, 0.29) is 23.6 Å². The average molecular weight is 355 g/mol. The molecule has 1 atom stereocenters. The summed E-state index contributed by atoms with van der Waals surface area (Å²) in [7, 11) is 0. The minimum Gasteiger partial charge on any atom is -0.443 e. The summed E-state index contributed by atoms with van der Waals surface area (Å²) < 4.78 is 5.52. The van der Waals surface area contributed by atoms with Crippen LogP contribution in [0.25, 0.3) is 11.3 Å². The third-order valence-corrected chi connectivity index (χ3v) is 4.82. The minimum atomic E-state index is -0.289. The summed E-state index contributed by atoms with van der Waals surface area (Å²) in [5.74, 6) is 0.0278. The lowest BCUT2D eigenvalue weighted by molar-refractivity contribution is 0.0724. The van der Waals surface area contributed by atoms with Gasteiger partial charge in [-0.15, -0.1) is 0 Å². The van der Waals surface area contributed by atoms with E-state index in [1.165, 1.54) is 6.39 Å². The Labute approximate surface area is 153 Å². The Bertz CT molecular complexity index is 778. The Hall–Kier alpha value is -2.63. The smallest absolute Gasteiger partial charge is 0.274 e. The Morgan fingerprint density at radius 3 is 2.69 bits per heavy atom. The summed E-state index contributed by atoms with van der Waals surface area (Å²) in [6, 6.07) is 7.29. The third-order valence-electron chi connectivity index (χ3n) is 4.82. The lowest BCUT2D eigenvalue weighted by atomic mass is 10.0. The molecule has 3 rings (SSSR count). The van der Waals surface area contributed by atoms with Crippen LogP contribution in [-0.2, 0) is 0 Å². The lowest BCUT2D eigenvalue weighted by Gasteiger charge is -2.27. The van der Waals surface area contributed by atoms with Crippen molar-refractivity contribution in [1.29, 1.82) is 0 Å². The van der Waals surface area contributed by atoms with Crippen LogP contribution in [0.2, 0.25) is 0 Å². The van der Waals surface area contributed by atoms with Crippen LogP contribution in [0.1, 0.15) is 60.4 Å². The van der Waals surface area contributed by atoms with E-state index in [1.54, 1.807) is 12.1 Å². The number of aromatic nitrogens is 1. The van der Waals surface area contributed by atoms with E-state index in [2.05, 4.69) is 10.3 Å². The van der Waals surface area contributed by atoms with Gasteiger partial charge in [-0.3, -0.25) is 9.59 Å². The number of piperidine rings is 1. The highest BCUT2D eigenvalue weighted by molar-refractivity contribution is 6.04. The fourth-order valence-electron chi connectivity index (χ4n) is 3.13. The first kappa shape index (κ1) is 18.2. The van der Waals surface area contributed by atoms with Crippen molar-refractivity contribution in [3.8, 4) is 11.3 Å². The van der Waals surface area contributed by atoms with E-state index in [4.69, 9.17) is 4.42 Å². The van der Waals surface area contributed by atoms with E-state index < -0.39 is 0 Å². The highest BCUT2D eigenvalue weighted by Crippen LogP contribution is 2.28. The molecule has 1 aromatic carbocycles. The van der Waals surface area contributed by atoms with Crippen molar-refractivity contribution in [2.75, 3.05) is 13.1 Å². The van der Waals surface area contributed by atoms with Crippen molar-refractivity contribution in [3.63, 3.8) is 0 Å². The van der Waals surface area contributed by atoms with Gasteiger partial charge in [0.1, 0.15) is 0 Å². The van der Waals surface area contributed by atoms with Gasteiger partial charge >= 0.3 is 0 Å². The molecule has 0 saturated carbocycles. The molecule has 1 aliphatic heterocycles. The number of hydrogen-bond acceptors (Lipinski definition) is 4. The molecule has 1 N–H and O–H groups in total. The van der Waals surface area contributed by atoms with Crippen LogP contribution in [-0.4, -0.2) is 40.8 Å². The first-order chi connectivity index (χ1) is 12.6. The molecule has 1 aromatic heterocycles. The number of amides is 2. The Morgan fingerprint density at radius 1 is 1.23 bits per heavy atom. The highest BCUT2D eigenvalue weighted by atomic mass is 16.3. The lowest BCUT2D eigenvalue weighted by Crippen LogP contribution is -2.36. The van der Waals surface area contributed by atoms with Crippen LogP contribution in [0.4, 0.5) is 0 Å². The number of oxazole rings is 1. The SMILES string of the molecule is CC[C@H](C)NC(=O)c1ncoc1-c1ccccc1C(=O)N1CCCCC1. The Kier molecular flexibility index (Phi) is 5.71. The average Bonchev–Trinajstić information content (AvgIpc) is 3.18. The number of carbonyl (C=O) groups is 2. The van der Waals surface area contributed by atoms with Gasteiger partial charge in [-0.1, -0.05) is 25.1 Å². The summed E-state index contributed by atoms with van der Waals surface area (Å²) in [5.41, 5.74) is 1.36. The second kappa shape index (κ2) is 8.17. The third kappa shape index (κ3) is 3.79. The van der Waals surface area contributed by atoms with Crippen LogP contribution >= 0.6 is 0 Å². The van der Waals surface area contributed by atoms with Gasteiger partial charge in [0.05, 0.1) is 5.56 Å². The van der Waals surface area contributed by atoms with Crippen molar-refractivity contribution in [1.82, 2.24) is 15.2 Å². The van der Waals surface area contributed by atoms with Crippen LogP contribution in [0.5, 0.6) is 0 Å². The summed E-state index contributed by atoms with van der Waals surface area (Å²) >= 11 is 0. The Morgan fingerprint density at radius 2 is 1.96 bits per heavy atom. The predicted octanol–water partition coefficient (Wildman–Crippen LogP) is 3.50. The second-order valence-electron chi connectivity index (χ2n) is 6.71. The molecule has 0 radical (unpaired) electrons. The molecule has 0 spiro atoms. The topological polar surface area (TPSA) is 75.4 Å². The fourth-order valence-corrected chi connectivity index (χ4v) is 3.13. The number of benzene rings is 1. The van der Waals surface area contributed by atoms with Crippen LogP contribution in [0.15, 0.2) is 35.1 Å². The molecular weight excluding hydrogens is 330 g/mol. The van der Waals surface area contributed by atoms with Crippen LogP contribution < -0.4 is 5.32 Å². The molecule has 0 aliphatic carbocycles. The number of likely N-dealkylation sites (tertiary alicyclic amines) is 1. The van der Waals surface area contributed by atoms with Gasteiger partial charge in [0.2, 0.25) is 0 Å². The number of rotatable bonds is 5. The van der Waals surface area contributed by atoms with Gasteiger partial charge in [0.25, 0.3) is 11.8 Å². The summed E-state index contributed by atoms with van der Waals surface area (Å²) in [5, 5.41) is 2.90. The zero-order chi connectivity index (χ0) is 18.5. The molecule has 6 heteroatoms. The summed E-state index contributed by atoms with van der Waals surface area (Å²) in [6.45, 7) is 5.47. The molecule has 1 aliphatic rings. The van der Waals surface area contributed by atoms with E-state index in [0.717, 1.165) is 38.8 Å². The Balaban J connectivity index is 1.92. The van der Waals surface area contributed by atoms with Crippen molar-refractivity contribution in [3.05, 3.63) is 41.9 Å². The van der Waals surface area contributed by atoms with Gasteiger partial charge in [-0.2, -0.15) is 0 Å². The maximum absolute atomic E-state index is 13.0. The maximum atomic E-state index is 13.0. The molecule has 26 heavy (non-hydrogen) atoms. The zero-order valence-corrected chi connectivity index (χ0v) is 15.3. The minimum absolute atomic E-state index is 0.0232. The predicted molar refractivity (Wildman–Crippen MR) is 98.9 cm³/mol. The van der Waals surface area contributed by atoms with Gasteiger partial charge < -0.3 is 14.6 Å². The first-order valence-corrected chi connectivity index (χ1v) is 9.24. The molecule has 138 valence electrons. The molecule has 6 nitrogen and oxygen atoms in total. The number of nitrogens with one attached hydrogen (secondary N) is 1. The monoisotopic (exact) mass is 355 g/mol. The first-order valence-electron chi connectivity index (χ1n) is 9.24. The highest BCUT2D eigenvalue weighted by Gasteiger charge is 2.26. The normalized spacial score (nSPS) is 15.5. The molecule has 1 fully saturated rings. The van der Waals surface area contributed by atoms with Crippen LogP contribution in [0.3, 0.4) is 0 Å². The molecule has 2 heterocycles. The second-order valence-corrected chi connectivity index (χ2v) is 6.71. The maximum Gasteiger partial charge on any atom is 0.274 e. The number of carbonyl (C=O) groups excluding carboxylic acids is 2. The molecular formula is C20H25N3O3. The summed E-state index contributed by atoms with van der Waals surface area (Å²) in [4.78, 5) is 31.5. The van der Waals surface area contributed by atoms with Crippen molar-refractivity contribution < 1.29 is 14.0 Å². The van der Waals surface area contributed by atoms with Gasteiger partial charge in [-0.25, -0.2) is 4.98 Å². The molecule has 2 aromatic rings. The molecule has 1 saturated heterocycles. The molecule has 0 bridgehead atoms. The molecule has 0 unspecified atom stereocenters. The van der Waals surface area contributed by atoms with Crippen molar-refractivity contribution >= 4 is 11.8 Å². The largest absolute Gasteiger partial charge is 0.443 e. The molecule has 2 amide bonds. The van der Waals surface area contributed by atoms with Crippen molar-refractivity contribution in [2.24, 2.45) is 0 Å². The van der Waals surface area contributed by atoms with E-state index in [1.807, 2.05) is 30.9 Å². The quantitative estimate of drug-likeness (QED) is 0.891. The van der Waals surface area contributed by atoms with Gasteiger partial charge in [-0.05, 0) is 38.7 Å². The number of nitrogens with zero attached hydrogens (tertiary/aromatic N) is 2. The zero-order valence-electron chi connectivity index (χ0n) is 15.3. The standard InChI is InChI=1S/C20H25N3O3/c1-3-14(2)22-19(24)17-18(26-13-21-17)15-9-5-6-10-16(15)20(25)23-11-7-4-8-12-23/h5-6,9-10,13-14H,3-4,7-8,11-12H2,1-2H3,(H,22,24)/t14-/m0/s1. The van der Waals surface area contributed by atoms with E-state index in [9.17, 15) is 9.59 Å². The van der Waals surface area contributed by atoms with E-state index >= 15 is 0 Å². The fraction of sp³-hybridized carbons (Fsp3) is 0.450. The summed E-state index contributed by atoms with van der Waals surface area (Å²) in [6.07, 6.45) is 5.29. The van der Waals surface area contributed by atoms with Crippen LogP contribution in [0, 0.1) is 0 Å². The van der Waals surface area contributed by atoms with Gasteiger partial charge in [0.15, 0.2) is 17.8 Å². The van der Waals surface area contributed by atoms with E-state index in [0.29, 0.717) is 16.9 Å².